The molecule has 1 aromatic heterocycles. The number of thioether (sulfide) groups is 1. The quantitative estimate of drug-likeness (QED) is 0.559. The van der Waals surface area contributed by atoms with Gasteiger partial charge in [-0.1, -0.05) is 37.5 Å². The van der Waals surface area contributed by atoms with Gasteiger partial charge in [0.15, 0.2) is 11.2 Å². The summed E-state index contributed by atoms with van der Waals surface area (Å²) in [6.45, 7) is 2.30. The number of aliphatic carboxylic acids is 1. The van der Waals surface area contributed by atoms with Gasteiger partial charge in [0, 0.05) is 12.1 Å². The fraction of sp³-hybridized carbons (Fsp3) is 0.750. The van der Waals surface area contributed by atoms with Crippen LogP contribution in [0.4, 0.5) is 9.93 Å². The molecule has 5 N–H and O–H groups in total. The van der Waals surface area contributed by atoms with Crippen LogP contribution >= 0.6 is 23.1 Å². The molecule has 3 rings (SSSR count). The van der Waals surface area contributed by atoms with Crippen LogP contribution in [0, 0.1) is 5.92 Å². The zero-order chi connectivity index (χ0) is 20.8. The van der Waals surface area contributed by atoms with Gasteiger partial charge in [-0.25, -0.2) is 14.6 Å². The van der Waals surface area contributed by atoms with Crippen molar-refractivity contribution < 1.29 is 20.4 Å². The first-order chi connectivity index (χ1) is 13.9. The van der Waals surface area contributed by atoms with Crippen molar-refractivity contribution in [3.63, 3.8) is 0 Å². The Bertz CT molecular complexity index is 685. The highest BCUT2D eigenvalue weighted by atomic mass is 32.2. The third-order valence-corrected chi connectivity index (χ3v) is 8.33. The van der Waals surface area contributed by atoms with Crippen molar-refractivity contribution in [1.29, 1.82) is 0 Å². The topological polar surface area (TPSA) is 110 Å². The number of quaternary nitrogens is 1. The number of carboxylic acids is 1. The normalized spacial score (nSPS) is 24.1. The minimum Gasteiger partial charge on any atom is -0.477 e. The summed E-state index contributed by atoms with van der Waals surface area (Å²) >= 11 is 2.82. The lowest BCUT2D eigenvalue weighted by Crippen LogP contribution is -2.66. The Morgan fingerprint density at radius 3 is 2.55 bits per heavy atom. The summed E-state index contributed by atoms with van der Waals surface area (Å²) in [5.74, 6) is 0.239. The SMILES string of the molecule is CC1CCC(N(C(=O)Nc2ncc(SC[C@@H]([NH3+])C(=O)O)s2)C2CCCCC2)CC1. The van der Waals surface area contributed by atoms with Crippen LogP contribution in [0.5, 0.6) is 0 Å². The minimum absolute atomic E-state index is 0.0251. The van der Waals surface area contributed by atoms with E-state index in [1.165, 1.54) is 55.2 Å². The van der Waals surface area contributed by atoms with E-state index in [1.54, 1.807) is 6.20 Å². The molecule has 0 spiro atoms. The van der Waals surface area contributed by atoms with Crippen LogP contribution in [-0.4, -0.2) is 50.9 Å². The molecule has 29 heavy (non-hydrogen) atoms. The Labute approximate surface area is 180 Å². The highest BCUT2D eigenvalue weighted by Crippen LogP contribution is 2.34. The van der Waals surface area contributed by atoms with Gasteiger partial charge in [-0.3, -0.25) is 5.32 Å². The molecule has 0 radical (unpaired) electrons. The molecule has 2 saturated carbocycles. The number of thiazole rings is 1. The van der Waals surface area contributed by atoms with E-state index in [-0.39, 0.29) is 6.03 Å². The van der Waals surface area contributed by atoms with Crippen molar-refractivity contribution in [3.8, 4) is 0 Å². The van der Waals surface area contributed by atoms with Crippen LogP contribution in [0.2, 0.25) is 0 Å². The average Bonchev–Trinajstić information content (AvgIpc) is 3.15. The largest absolute Gasteiger partial charge is 0.477 e. The van der Waals surface area contributed by atoms with Crippen LogP contribution in [0.3, 0.4) is 0 Å². The number of nitrogens with zero attached hydrogens (tertiary/aromatic N) is 2. The summed E-state index contributed by atoms with van der Waals surface area (Å²) in [4.78, 5) is 30.6. The van der Waals surface area contributed by atoms with E-state index in [4.69, 9.17) is 5.11 Å². The van der Waals surface area contributed by atoms with E-state index in [1.807, 2.05) is 0 Å². The smallest absolute Gasteiger partial charge is 0.363 e. The predicted molar refractivity (Wildman–Crippen MR) is 116 cm³/mol. The number of carboxylic acid groups (broad SMARTS) is 1. The number of hydrogen-bond acceptors (Lipinski definition) is 5. The van der Waals surface area contributed by atoms with Crippen LogP contribution in [0.15, 0.2) is 10.4 Å². The van der Waals surface area contributed by atoms with Gasteiger partial charge in [-0.2, -0.15) is 0 Å². The lowest BCUT2D eigenvalue weighted by Gasteiger charge is -2.42. The van der Waals surface area contributed by atoms with Crippen LogP contribution < -0.4 is 11.1 Å². The van der Waals surface area contributed by atoms with Crippen LogP contribution in [-0.2, 0) is 4.79 Å². The van der Waals surface area contributed by atoms with Crippen molar-refractivity contribution in [3.05, 3.63) is 6.20 Å². The lowest BCUT2D eigenvalue weighted by atomic mass is 9.84. The molecule has 2 aliphatic carbocycles. The molecule has 0 unspecified atom stereocenters. The molecule has 1 atom stereocenters. The molecule has 2 amide bonds. The van der Waals surface area contributed by atoms with Crippen molar-refractivity contribution in [2.24, 2.45) is 5.92 Å². The Morgan fingerprint density at radius 1 is 1.24 bits per heavy atom. The Kier molecular flexibility index (Phi) is 8.20. The Hall–Kier alpha value is -1.32. The zero-order valence-electron chi connectivity index (χ0n) is 17.1. The highest BCUT2D eigenvalue weighted by molar-refractivity contribution is 8.01. The molecule has 0 aromatic carbocycles. The Morgan fingerprint density at radius 2 is 1.90 bits per heavy atom. The fourth-order valence-corrected chi connectivity index (χ4v) is 6.16. The van der Waals surface area contributed by atoms with E-state index in [0.29, 0.717) is 23.0 Å². The number of aromatic nitrogens is 1. The summed E-state index contributed by atoms with van der Waals surface area (Å²) in [6.07, 6.45) is 12.1. The van der Waals surface area contributed by atoms with Gasteiger partial charge in [-0.15, -0.1) is 11.8 Å². The van der Waals surface area contributed by atoms with Gasteiger partial charge in [0.2, 0.25) is 0 Å². The molecule has 2 fully saturated rings. The van der Waals surface area contributed by atoms with E-state index >= 15 is 0 Å². The second-order valence-electron chi connectivity index (χ2n) is 8.37. The van der Waals surface area contributed by atoms with Gasteiger partial charge < -0.3 is 15.7 Å². The van der Waals surface area contributed by atoms with Gasteiger partial charge >= 0.3 is 12.0 Å². The van der Waals surface area contributed by atoms with Gasteiger partial charge in [-0.05, 0) is 44.4 Å². The number of hydrogen-bond donors (Lipinski definition) is 3. The molecule has 1 aromatic rings. The fourth-order valence-electron chi connectivity index (χ4n) is 4.30. The maximum atomic E-state index is 13.2. The van der Waals surface area contributed by atoms with E-state index < -0.39 is 12.0 Å². The number of urea groups is 1. The average molecular weight is 442 g/mol. The minimum atomic E-state index is -0.902. The van der Waals surface area contributed by atoms with Crippen LogP contribution in [0.25, 0.3) is 0 Å². The van der Waals surface area contributed by atoms with Gasteiger partial charge in [0.25, 0.3) is 0 Å². The number of amides is 2. The first-order valence-corrected chi connectivity index (χ1v) is 12.5. The third-order valence-electron chi connectivity index (χ3n) is 6.06. The second kappa shape index (κ2) is 10.6. The molecule has 9 heteroatoms. The molecular formula is C20H33N4O3S2+. The lowest BCUT2D eigenvalue weighted by molar-refractivity contribution is -0.400. The maximum absolute atomic E-state index is 13.2. The van der Waals surface area contributed by atoms with Crippen molar-refractivity contribution in [2.45, 2.75) is 87.0 Å². The molecule has 1 heterocycles. The molecular weight excluding hydrogens is 408 g/mol. The summed E-state index contributed by atoms with van der Waals surface area (Å²) < 4.78 is 0.894. The molecule has 0 aliphatic heterocycles. The van der Waals surface area contributed by atoms with Crippen molar-refractivity contribution >= 4 is 40.2 Å². The molecule has 7 nitrogen and oxygen atoms in total. The molecule has 162 valence electrons. The van der Waals surface area contributed by atoms with E-state index in [2.05, 4.69) is 27.9 Å². The van der Waals surface area contributed by atoms with Crippen molar-refractivity contribution in [1.82, 2.24) is 9.88 Å². The van der Waals surface area contributed by atoms with Gasteiger partial charge in [0.05, 0.1) is 16.2 Å². The predicted octanol–water partition coefficient (Wildman–Crippen LogP) is 3.68. The monoisotopic (exact) mass is 441 g/mol. The number of carbonyl (C=O) groups excluding carboxylic acids is 1. The maximum Gasteiger partial charge on any atom is 0.363 e. The molecule has 0 bridgehead atoms. The summed E-state index contributed by atoms with van der Waals surface area (Å²) in [5.41, 5.74) is 3.63. The standard InChI is InChI=1S/C20H32N4O3S2/c1-13-7-9-15(10-8-13)24(14-5-3-2-4-6-14)20(27)23-19-22-11-17(29-19)28-12-16(21)18(25)26/h11,13-16H,2-10,12,21H2,1H3,(H,25,26)(H,22,23,27)/p+1/t13?,15?,16-/m1/s1. The summed E-state index contributed by atoms with van der Waals surface area (Å²) in [6, 6.07) is -0.0254. The summed E-state index contributed by atoms with van der Waals surface area (Å²) in [5, 5.41) is 12.6. The number of anilines is 1. The molecule has 0 saturated heterocycles. The number of carbonyl (C=O) groups is 2. The first kappa shape index (κ1) is 22.4. The Balaban J connectivity index is 1.62. The van der Waals surface area contributed by atoms with E-state index in [0.717, 1.165) is 35.8 Å². The van der Waals surface area contributed by atoms with E-state index in [9.17, 15) is 9.59 Å². The number of rotatable bonds is 7. The highest BCUT2D eigenvalue weighted by Gasteiger charge is 2.34. The van der Waals surface area contributed by atoms with Crippen molar-refractivity contribution in [2.75, 3.05) is 11.1 Å². The second-order valence-corrected chi connectivity index (χ2v) is 10.7. The molecule has 2 aliphatic rings. The van der Waals surface area contributed by atoms with Crippen LogP contribution in [0.1, 0.15) is 64.7 Å². The third kappa shape index (κ3) is 6.33. The zero-order valence-corrected chi connectivity index (χ0v) is 18.8. The summed E-state index contributed by atoms with van der Waals surface area (Å²) in [7, 11) is 0. The first-order valence-electron chi connectivity index (χ1n) is 10.7. The number of nitrogens with one attached hydrogen (secondary N) is 1. The van der Waals surface area contributed by atoms with Gasteiger partial charge in [0.1, 0.15) is 0 Å².